The van der Waals surface area contributed by atoms with Gasteiger partial charge in [0.1, 0.15) is 0 Å². The van der Waals surface area contributed by atoms with Crippen molar-refractivity contribution in [3.63, 3.8) is 0 Å². The van der Waals surface area contributed by atoms with Crippen LogP contribution in [0.15, 0.2) is 0 Å². The van der Waals surface area contributed by atoms with Gasteiger partial charge in [0.2, 0.25) is 0 Å². The Hall–Kier alpha value is -0.550. The third kappa shape index (κ3) is 4.00. The standard InChI is InChI=1S/C13H22N2.C2H6/c1-2-3-11-4-6-13(7-5-11)15-9-12(8-14)10-15;1-2/h11-13H,2-7,9-10H2,1H3;1-2H3. The van der Waals surface area contributed by atoms with Crippen molar-refractivity contribution in [2.75, 3.05) is 13.1 Å². The Balaban J connectivity index is 0.000000686. The Labute approximate surface area is 107 Å². The van der Waals surface area contributed by atoms with E-state index in [0.717, 1.165) is 25.0 Å². The molecule has 0 spiro atoms. The van der Waals surface area contributed by atoms with E-state index in [4.69, 9.17) is 5.26 Å². The maximum absolute atomic E-state index is 8.74. The van der Waals surface area contributed by atoms with E-state index in [0.29, 0.717) is 5.92 Å². The van der Waals surface area contributed by atoms with Gasteiger partial charge in [-0.3, -0.25) is 4.90 Å². The van der Waals surface area contributed by atoms with Crippen LogP contribution in [0.1, 0.15) is 59.3 Å². The number of nitriles is 1. The third-order valence-electron chi connectivity index (χ3n) is 4.12. The van der Waals surface area contributed by atoms with Crippen molar-refractivity contribution in [2.24, 2.45) is 11.8 Å². The van der Waals surface area contributed by atoms with Gasteiger partial charge in [-0.1, -0.05) is 33.6 Å². The minimum absolute atomic E-state index is 0.332. The van der Waals surface area contributed by atoms with Crippen LogP contribution in [-0.4, -0.2) is 24.0 Å². The van der Waals surface area contributed by atoms with Crippen LogP contribution in [0.2, 0.25) is 0 Å². The Morgan fingerprint density at radius 3 is 2.18 bits per heavy atom. The molecule has 17 heavy (non-hydrogen) atoms. The van der Waals surface area contributed by atoms with Gasteiger partial charge in [-0.2, -0.15) is 5.26 Å². The first-order valence-corrected chi connectivity index (χ1v) is 7.47. The monoisotopic (exact) mass is 236 g/mol. The molecule has 0 aromatic rings. The normalized spacial score (nSPS) is 29.8. The van der Waals surface area contributed by atoms with E-state index in [9.17, 15) is 0 Å². The highest BCUT2D eigenvalue weighted by atomic mass is 15.2. The van der Waals surface area contributed by atoms with Crippen molar-refractivity contribution in [1.82, 2.24) is 4.90 Å². The summed E-state index contributed by atoms with van der Waals surface area (Å²) in [6.07, 6.45) is 8.37. The van der Waals surface area contributed by atoms with Crippen LogP contribution < -0.4 is 0 Å². The van der Waals surface area contributed by atoms with Crippen molar-refractivity contribution < 1.29 is 0 Å². The van der Waals surface area contributed by atoms with E-state index in [1.807, 2.05) is 13.8 Å². The predicted molar refractivity (Wildman–Crippen MR) is 72.7 cm³/mol. The quantitative estimate of drug-likeness (QED) is 0.744. The fraction of sp³-hybridized carbons (Fsp3) is 0.933. The van der Waals surface area contributed by atoms with E-state index in [2.05, 4.69) is 17.9 Å². The van der Waals surface area contributed by atoms with E-state index in [1.165, 1.54) is 38.5 Å². The van der Waals surface area contributed by atoms with Crippen molar-refractivity contribution in [3.8, 4) is 6.07 Å². The lowest BCUT2D eigenvalue weighted by Gasteiger charge is -2.44. The molecular weight excluding hydrogens is 208 g/mol. The zero-order valence-electron chi connectivity index (χ0n) is 11.8. The smallest absolute Gasteiger partial charge is 0.0717 e. The van der Waals surface area contributed by atoms with Gasteiger partial charge in [-0.25, -0.2) is 0 Å². The van der Waals surface area contributed by atoms with Crippen LogP contribution in [0.3, 0.4) is 0 Å². The summed E-state index contributed by atoms with van der Waals surface area (Å²) in [5, 5.41) is 8.74. The molecule has 0 aromatic heterocycles. The molecule has 0 radical (unpaired) electrons. The van der Waals surface area contributed by atoms with Crippen LogP contribution in [0, 0.1) is 23.2 Å². The number of rotatable bonds is 3. The molecule has 98 valence electrons. The second-order valence-corrected chi connectivity index (χ2v) is 5.24. The molecule has 2 nitrogen and oxygen atoms in total. The minimum Gasteiger partial charge on any atom is -0.298 e. The second-order valence-electron chi connectivity index (χ2n) is 5.24. The summed E-state index contributed by atoms with van der Waals surface area (Å²) >= 11 is 0. The molecule has 1 aliphatic carbocycles. The molecule has 2 rings (SSSR count). The van der Waals surface area contributed by atoms with Crippen molar-refractivity contribution in [1.29, 1.82) is 5.26 Å². The fourth-order valence-electron chi connectivity index (χ4n) is 3.10. The van der Waals surface area contributed by atoms with Gasteiger partial charge in [0.05, 0.1) is 12.0 Å². The van der Waals surface area contributed by atoms with Crippen molar-refractivity contribution in [2.45, 2.75) is 65.3 Å². The Kier molecular flexibility index (Phi) is 6.58. The van der Waals surface area contributed by atoms with Gasteiger partial charge in [0, 0.05) is 19.1 Å². The lowest BCUT2D eigenvalue weighted by atomic mass is 9.81. The minimum atomic E-state index is 0.332. The molecule has 0 amide bonds. The van der Waals surface area contributed by atoms with Crippen LogP contribution in [0.5, 0.6) is 0 Å². The van der Waals surface area contributed by atoms with Crippen LogP contribution in [0.4, 0.5) is 0 Å². The van der Waals surface area contributed by atoms with Crippen LogP contribution in [-0.2, 0) is 0 Å². The maximum atomic E-state index is 8.74. The predicted octanol–water partition coefficient (Wildman–Crippen LogP) is 3.83. The summed E-state index contributed by atoms with van der Waals surface area (Å²) in [7, 11) is 0. The van der Waals surface area contributed by atoms with E-state index in [1.54, 1.807) is 0 Å². The Morgan fingerprint density at radius 2 is 1.71 bits per heavy atom. The zero-order chi connectivity index (χ0) is 12.7. The molecule has 2 aliphatic rings. The molecule has 0 bridgehead atoms. The highest BCUT2D eigenvalue weighted by molar-refractivity contribution is 4.98. The van der Waals surface area contributed by atoms with Gasteiger partial charge < -0.3 is 0 Å². The van der Waals surface area contributed by atoms with E-state index in [-0.39, 0.29) is 0 Å². The maximum Gasteiger partial charge on any atom is 0.0717 e. The highest BCUT2D eigenvalue weighted by Crippen LogP contribution is 2.33. The summed E-state index contributed by atoms with van der Waals surface area (Å²) < 4.78 is 0. The topological polar surface area (TPSA) is 27.0 Å². The number of hydrogen-bond acceptors (Lipinski definition) is 2. The first-order valence-electron chi connectivity index (χ1n) is 7.47. The molecule has 0 unspecified atom stereocenters. The molecule has 2 fully saturated rings. The summed E-state index contributed by atoms with van der Waals surface area (Å²) in [5.41, 5.74) is 0. The molecule has 1 heterocycles. The largest absolute Gasteiger partial charge is 0.298 e. The van der Waals surface area contributed by atoms with E-state index >= 15 is 0 Å². The molecule has 2 heteroatoms. The third-order valence-corrected chi connectivity index (χ3v) is 4.12. The summed E-state index contributed by atoms with van der Waals surface area (Å²) in [6, 6.07) is 3.17. The zero-order valence-corrected chi connectivity index (χ0v) is 11.8. The van der Waals surface area contributed by atoms with Crippen molar-refractivity contribution in [3.05, 3.63) is 0 Å². The average molecular weight is 236 g/mol. The molecule has 0 atom stereocenters. The first-order chi connectivity index (χ1) is 8.33. The Morgan fingerprint density at radius 1 is 1.12 bits per heavy atom. The molecular formula is C15H28N2. The lowest BCUT2D eigenvalue weighted by molar-refractivity contribution is 0.0491. The van der Waals surface area contributed by atoms with Gasteiger partial charge >= 0.3 is 0 Å². The van der Waals surface area contributed by atoms with Gasteiger partial charge in [-0.15, -0.1) is 0 Å². The number of nitrogens with zero attached hydrogens (tertiary/aromatic N) is 2. The molecule has 1 aliphatic heterocycles. The average Bonchev–Trinajstić information content (AvgIpc) is 2.33. The molecule has 1 saturated carbocycles. The van der Waals surface area contributed by atoms with Gasteiger partial charge in [-0.05, 0) is 31.6 Å². The summed E-state index contributed by atoms with van der Waals surface area (Å²) in [4.78, 5) is 2.52. The first kappa shape index (κ1) is 14.5. The SMILES string of the molecule is CC.CCCC1CCC(N2CC(C#N)C2)CC1. The summed E-state index contributed by atoms with van der Waals surface area (Å²) in [6.45, 7) is 8.37. The lowest BCUT2D eigenvalue weighted by Crippen LogP contribution is -2.52. The van der Waals surface area contributed by atoms with Crippen molar-refractivity contribution >= 4 is 0 Å². The van der Waals surface area contributed by atoms with Crippen LogP contribution >= 0.6 is 0 Å². The highest BCUT2D eigenvalue weighted by Gasteiger charge is 2.34. The summed E-state index contributed by atoms with van der Waals surface area (Å²) in [5.74, 6) is 1.33. The molecule has 0 aromatic carbocycles. The second kappa shape index (κ2) is 7.71. The molecule has 0 N–H and O–H groups in total. The Bertz CT molecular complexity index is 230. The van der Waals surface area contributed by atoms with Crippen LogP contribution in [0.25, 0.3) is 0 Å². The van der Waals surface area contributed by atoms with Gasteiger partial charge in [0.25, 0.3) is 0 Å². The number of likely N-dealkylation sites (tertiary alicyclic amines) is 1. The fourth-order valence-corrected chi connectivity index (χ4v) is 3.10. The van der Waals surface area contributed by atoms with Gasteiger partial charge in [0.15, 0.2) is 0 Å². The molecule has 1 saturated heterocycles. The number of hydrogen-bond donors (Lipinski definition) is 0. The van der Waals surface area contributed by atoms with E-state index < -0.39 is 0 Å².